The summed E-state index contributed by atoms with van der Waals surface area (Å²) in [5.41, 5.74) is 0.736. The maximum Gasteiger partial charge on any atom is 0.301 e. The van der Waals surface area contributed by atoms with Crippen LogP contribution in [0.4, 0.5) is 5.69 Å². The molecule has 0 saturated carbocycles. The van der Waals surface area contributed by atoms with E-state index in [1.807, 2.05) is 6.92 Å². The highest BCUT2D eigenvalue weighted by Crippen LogP contribution is 2.22. The molecule has 0 aromatic heterocycles. The lowest BCUT2D eigenvalue weighted by molar-refractivity contribution is 0.101. The van der Waals surface area contributed by atoms with Crippen LogP contribution in [0.3, 0.4) is 0 Å². The Bertz CT molecular complexity index is 598. The van der Waals surface area contributed by atoms with Crippen molar-refractivity contribution in [3.63, 3.8) is 0 Å². The second-order valence-electron chi connectivity index (χ2n) is 5.31. The molecule has 1 aromatic carbocycles. The largest absolute Gasteiger partial charge is 0.301 e. The molecule has 2 rings (SSSR count). The summed E-state index contributed by atoms with van der Waals surface area (Å²) in [6.45, 7) is 4.53. The third kappa shape index (κ3) is 3.37. The molecule has 1 heterocycles. The van der Waals surface area contributed by atoms with Crippen molar-refractivity contribution in [2.75, 3.05) is 17.8 Å². The van der Waals surface area contributed by atoms with Crippen molar-refractivity contribution in [2.24, 2.45) is 5.92 Å². The molecule has 1 unspecified atom stereocenters. The Balaban J connectivity index is 2.22. The van der Waals surface area contributed by atoms with Gasteiger partial charge in [0.1, 0.15) is 0 Å². The lowest BCUT2D eigenvalue weighted by atomic mass is 10.0. The molecule has 0 radical (unpaired) electrons. The summed E-state index contributed by atoms with van der Waals surface area (Å²) in [4.78, 5) is 11.5. The maximum absolute atomic E-state index is 12.4. The normalized spacial score (nSPS) is 20.6. The summed E-state index contributed by atoms with van der Waals surface area (Å²) >= 11 is 0. The first-order chi connectivity index (χ1) is 9.40. The highest BCUT2D eigenvalue weighted by atomic mass is 32.2. The second-order valence-corrected chi connectivity index (χ2v) is 6.98. The van der Waals surface area contributed by atoms with Crippen molar-refractivity contribution in [1.29, 1.82) is 0 Å². The summed E-state index contributed by atoms with van der Waals surface area (Å²) in [7, 11) is -3.59. The van der Waals surface area contributed by atoms with Crippen LogP contribution in [0.5, 0.6) is 0 Å². The molecule has 0 aliphatic carbocycles. The summed E-state index contributed by atoms with van der Waals surface area (Å²) in [6.07, 6.45) is 1.92. The molecule has 1 aliphatic rings. The quantitative estimate of drug-likeness (QED) is 0.867. The highest BCUT2D eigenvalue weighted by molar-refractivity contribution is 7.90. The highest BCUT2D eigenvalue weighted by Gasteiger charge is 2.27. The third-order valence-corrected chi connectivity index (χ3v) is 4.99. The predicted molar refractivity (Wildman–Crippen MR) is 79.0 cm³/mol. The molecule has 0 amide bonds. The minimum absolute atomic E-state index is 0.157. The van der Waals surface area contributed by atoms with Crippen molar-refractivity contribution >= 4 is 21.7 Å². The minimum Gasteiger partial charge on any atom is -0.294 e. The molecular formula is C14H20N2O3S. The van der Waals surface area contributed by atoms with Gasteiger partial charge in [-0.2, -0.15) is 12.7 Å². The molecule has 110 valence electrons. The second kappa shape index (κ2) is 5.93. The SMILES string of the molecule is CC(=O)c1ccccc1NS(=O)(=O)N1CCCC(C)C1. The monoisotopic (exact) mass is 296 g/mol. The standard InChI is InChI=1S/C14H20N2O3S/c1-11-6-5-9-16(10-11)20(18,19)15-14-8-4-3-7-13(14)12(2)17/h3-4,7-8,11,15H,5-6,9-10H2,1-2H3. The number of carbonyl (C=O) groups is 1. The van der Waals surface area contributed by atoms with Gasteiger partial charge < -0.3 is 0 Å². The molecule has 0 spiro atoms. The van der Waals surface area contributed by atoms with Crippen molar-refractivity contribution in [1.82, 2.24) is 4.31 Å². The van der Waals surface area contributed by atoms with Crippen LogP contribution in [0.25, 0.3) is 0 Å². The average Bonchev–Trinajstić information content (AvgIpc) is 2.38. The fourth-order valence-electron chi connectivity index (χ4n) is 2.45. The number of hydrogen-bond donors (Lipinski definition) is 1. The van der Waals surface area contributed by atoms with Gasteiger partial charge >= 0.3 is 10.2 Å². The van der Waals surface area contributed by atoms with Gasteiger partial charge in [-0.3, -0.25) is 9.52 Å². The van der Waals surface area contributed by atoms with Gasteiger partial charge in [0.05, 0.1) is 5.69 Å². The molecule has 1 fully saturated rings. The lowest BCUT2D eigenvalue weighted by Gasteiger charge is -2.30. The summed E-state index contributed by atoms with van der Waals surface area (Å²) in [6, 6.07) is 6.67. The van der Waals surface area contributed by atoms with E-state index in [4.69, 9.17) is 0 Å². The average molecular weight is 296 g/mol. The fraction of sp³-hybridized carbons (Fsp3) is 0.500. The van der Waals surface area contributed by atoms with Crippen LogP contribution < -0.4 is 4.72 Å². The molecule has 0 bridgehead atoms. The molecule has 1 atom stereocenters. The Labute approximate surface area is 120 Å². The van der Waals surface area contributed by atoms with E-state index in [-0.39, 0.29) is 5.78 Å². The van der Waals surface area contributed by atoms with Crippen LogP contribution in [0.2, 0.25) is 0 Å². The Kier molecular flexibility index (Phi) is 4.45. The number of nitrogens with one attached hydrogen (secondary N) is 1. The predicted octanol–water partition coefficient (Wildman–Crippen LogP) is 2.28. The van der Waals surface area contributed by atoms with Crippen LogP contribution in [0.1, 0.15) is 37.0 Å². The molecule has 1 aliphatic heterocycles. The van der Waals surface area contributed by atoms with Crippen LogP contribution in [0, 0.1) is 5.92 Å². The molecule has 20 heavy (non-hydrogen) atoms. The first-order valence-corrected chi connectivity index (χ1v) is 8.22. The van der Waals surface area contributed by atoms with Gasteiger partial charge in [-0.1, -0.05) is 19.1 Å². The van der Waals surface area contributed by atoms with Crippen molar-refractivity contribution < 1.29 is 13.2 Å². The smallest absolute Gasteiger partial charge is 0.294 e. The van der Waals surface area contributed by atoms with Gasteiger partial charge in [0.25, 0.3) is 0 Å². The Morgan fingerprint density at radius 1 is 1.35 bits per heavy atom. The minimum atomic E-state index is -3.59. The number of rotatable bonds is 4. The molecule has 6 heteroatoms. The summed E-state index contributed by atoms with van der Waals surface area (Å²) in [5, 5.41) is 0. The van der Waals surface area contributed by atoms with E-state index in [1.54, 1.807) is 24.3 Å². The van der Waals surface area contributed by atoms with Crippen molar-refractivity contribution in [3.05, 3.63) is 29.8 Å². The van der Waals surface area contributed by atoms with Crippen LogP contribution in [0.15, 0.2) is 24.3 Å². The number of Topliss-reactive ketones (excluding diaryl/α,β-unsaturated/α-hetero) is 1. The van der Waals surface area contributed by atoms with Gasteiger partial charge in [0.15, 0.2) is 5.78 Å². The van der Waals surface area contributed by atoms with Crippen LogP contribution >= 0.6 is 0 Å². The van der Waals surface area contributed by atoms with Gasteiger partial charge in [-0.05, 0) is 37.8 Å². The first-order valence-electron chi connectivity index (χ1n) is 6.78. The number of anilines is 1. The zero-order valence-electron chi connectivity index (χ0n) is 11.8. The van der Waals surface area contributed by atoms with E-state index in [1.165, 1.54) is 11.2 Å². The number of ketones is 1. The van der Waals surface area contributed by atoms with E-state index in [9.17, 15) is 13.2 Å². The Morgan fingerprint density at radius 2 is 2.05 bits per heavy atom. The number of nitrogens with zero attached hydrogens (tertiary/aromatic N) is 1. The Hall–Kier alpha value is -1.40. The van der Waals surface area contributed by atoms with E-state index < -0.39 is 10.2 Å². The van der Waals surface area contributed by atoms with E-state index in [0.717, 1.165) is 12.8 Å². The molecule has 1 aromatic rings. The fourth-order valence-corrected chi connectivity index (χ4v) is 3.85. The van der Waals surface area contributed by atoms with E-state index in [0.29, 0.717) is 30.3 Å². The van der Waals surface area contributed by atoms with Crippen LogP contribution in [-0.2, 0) is 10.2 Å². The molecular weight excluding hydrogens is 276 g/mol. The van der Waals surface area contributed by atoms with Crippen molar-refractivity contribution in [2.45, 2.75) is 26.7 Å². The van der Waals surface area contributed by atoms with Crippen molar-refractivity contribution in [3.8, 4) is 0 Å². The molecule has 5 nitrogen and oxygen atoms in total. The number of benzene rings is 1. The van der Waals surface area contributed by atoms with Gasteiger partial charge in [-0.15, -0.1) is 0 Å². The zero-order chi connectivity index (χ0) is 14.8. The van der Waals surface area contributed by atoms with Gasteiger partial charge in [0, 0.05) is 18.7 Å². The molecule has 1 N–H and O–H groups in total. The molecule has 1 saturated heterocycles. The third-order valence-electron chi connectivity index (χ3n) is 3.50. The topological polar surface area (TPSA) is 66.5 Å². The number of para-hydroxylation sites is 1. The van der Waals surface area contributed by atoms with Gasteiger partial charge in [-0.25, -0.2) is 0 Å². The number of hydrogen-bond acceptors (Lipinski definition) is 3. The number of piperidine rings is 1. The van der Waals surface area contributed by atoms with E-state index in [2.05, 4.69) is 4.72 Å². The van der Waals surface area contributed by atoms with E-state index >= 15 is 0 Å². The lowest BCUT2D eigenvalue weighted by Crippen LogP contribution is -2.42. The summed E-state index contributed by atoms with van der Waals surface area (Å²) in [5.74, 6) is 0.207. The summed E-state index contributed by atoms with van der Waals surface area (Å²) < 4.78 is 28.8. The maximum atomic E-state index is 12.4. The first kappa shape index (κ1) is 15.0. The van der Waals surface area contributed by atoms with Crippen LogP contribution in [-0.4, -0.2) is 31.6 Å². The zero-order valence-corrected chi connectivity index (χ0v) is 12.6. The Morgan fingerprint density at radius 3 is 2.70 bits per heavy atom. The van der Waals surface area contributed by atoms with Gasteiger partial charge in [0.2, 0.25) is 0 Å². The number of carbonyl (C=O) groups excluding carboxylic acids is 1.